The molecule has 1 aliphatic rings. The predicted molar refractivity (Wildman–Crippen MR) is 89.0 cm³/mol. The monoisotopic (exact) mass is 304 g/mol. The molecule has 1 N–H and O–H groups in total. The zero-order chi connectivity index (χ0) is 15.9. The smallest absolute Gasteiger partial charge is 0.269 e. The Morgan fingerprint density at radius 2 is 1.95 bits per heavy atom. The summed E-state index contributed by atoms with van der Waals surface area (Å²) in [7, 11) is 0. The van der Waals surface area contributed by atoms with Gasteiger partial charge >= 0.3 is 0 Å². The molecular weight excluding hydrogens is 276 g/mol. The van der Waals surface area contributed by atoms with Crippen LogP contribution in [-0.2, 0) is 0 Å². The highest BCUT2D eigenvalue weighted by atomic mass is 16.1. The molecule has 5 heteroatoms. The molecule has 0 saturated carbocycles. The Labute approximate surface area is 133 Å². The molecule has 22 heavy (non-hydrogen) atoms. The lowest BCUT2D eigenvalue weighted by atomic mass is 10.1. The summed E-state index contributed by atoms with van der Waals surface area (Å²) in [4.78, 5) is 21.3. The SMILES string of the molecule is CCN1CCN(CC(C)CNC(=O)c2cccc(C)n2)CC1. The zero-order valence-corrected chi connectivity index (χ0v) is 14.0. The van der Waals surface area contributed by atoms with Crippen molar-refractivity contribution in [3.63, 3.8) is 0 Å². The van der Waals surface area contributed by atoms with Crippen molar-refractivity contribution in [3.8, 4) is 0 Å². The molecule has 1 aliphatic heterocycles. The van der Waals surface area contributed by atoms with Gasteiger partial charge in [0.15, 0.2) is 0 Å². The lowest BCUT2D eigenvalue weighted by molar-refractivity contribution is 0.0928. The van der Waals surface area contributed by atoms with Gasteiger partial charge in [0.2, 0.25) is 0 Å². The number of nitrogens with one attached hydrogen (secondary N) is 1. The molecule has 122 valence electrons. The fraction of sp³-hybridized carbons (Fsp3) is 0.647. The molecule has 5 nitrogen and oxygen atoms in total. The molecule has 1 aromatic rings. The molecule has 0 radical (unpaired) electrons. The number of likely N-dealkylation sites (N-methyl/N-ethyl adjacent to an activating group) is 1. The largest absolute Gasteiger partial charge is 0.350 e. The van der Waals surface area contributed by atoms with E-state index in [1.54, 1.807) is 6.07 Å². The van der Waals surface area contributed by atoms with Crippen molar-refractivity contribution in [2.24, 2.45) is 5.92 Å². The van der Waals surface area contributed by atoms with Gasteiger partial charge in [0.25, 0.3) is 5.91 Å². The normalized spacial score (nSPS) is 18.1. The van der Waals surface area contributed by atoms with E-state index in [1.165, 1.54) is 0 Å². The number of rotatable bonds is 6. The van der Waals surface area contributed by atoms with Gasteiger partial charge in [0.05, 0.1) is 0 Å². The molecule has 2 rings (SSSR count). The first-order chi connectivity index (χ1) is 10.6. The third kappa shape index (κ3) is 5.07. The summed E-state index contributed by atoms with van der Waals surface area (Å²) < 4.78 is 0. The Kier molecular flexibility index (Phi) is 6.34. The van der Waals surface area contributed by atoms with Crippen molar-refractivity contribution in [1.29, 1.82) is 0 Å². The summed E-state index contributed by atoms with van der Waals surface area (Å²) in [5, 5.41) is 3.00. The summed E-state index contributed by atoms with van der Waals surface area (Å²) >= 11 is 0. The summed E-state index contributed by atoms with van der Waals surface area (Å²) in [5.74, 6) is 0.369. The molecule has 0 aromatic carbocycles. The lowest BCUT2D eigenvalue weighted by Crippen LogP contribution is -2.48. The molecule has 0 bridgehead atoms. The van der Waals surface area contributed by atoms with Gasteiger partial charge in [0.1, 0.15) is 5.69 Å². The highest BCUT2D eigenvalue weighted by Gasteiger charge is 2.18. The summed E-state index contributed by atoms with van der Waals surface area (Å²) in [6, 6.07) is 5.53. The molecule has 0 spiro atoms. The Morgan fingerprint density at radius 3 is 2.59 bits per heavy atom. The van der Waals surface area contributed by atoms with Crippen LogP contribution in [-0.4, -0.2) is 66.5 Å². The maximum Gasteiger partial charge on any atom is 0.269 e. The molecule has 0 aliphatic carbocycles. The number of aryl methyl sites for hydroxylation is 1. The highest BCUT2D eigenvalue weighted by molar-refractivity contribution is 5.92. The van der Waals surface area contributed by atoms with E-state index in [2.05, 4.69) is 33.9 Å². The van der Waals surface area contributed by atoms with E-state index in [0.29, 0.717) is 18.2 Å². The van der Waals surface area contributed by atoms with Crippen LogP contribution in [0.4, 0.5) is 0 Å². The van der Waals surface area contributed by atoms with Crippen molar-refractivity contribution in [1.82, 2.24) is 20.1 Å². The second-order valence-corrected chi connectivity index (χ2v) is 6.21. The van der Waals surface area contributed by atoms with Gasteiger partial charge in [-0.25, -0.2) is 4.98 Å². The number of carbonyl (C=O) groups is 1. The van der Waals surface area contributed by atoms with Crippen molar-refractivity contribution < 1.29 is 4.79 Å². The van der Waals surface area contributed by atoms with Crippen LogP contribution in [0, 0.1) is 12.8 Å². The van der Waals surface area contributed by atoms with Crippen LogP contribution in [0.1, 0.15) is 30.0 Å². The molecule has 1 aromatic heterocycles. The van der Waals surface area contributed by atoms with E-state index in [1.807, 2.05) is 19.1 Å². The fourth-order valence-electron chi connectivity index (χ4n) is 2.82. The number of hydrogen-bond acceptors (Lipinski definition) is 4. The van der Waals surface area contributed by atoms with E-state index in [0.717, 1.165) is 45.0 Å². The lowest BCUT2D eigenvalue weighted by Gasteiger charge is -2.35. The number of carbonyl (C=O) groups excluding carboxylic acids is 1. The molecule has 1 atom stereocenters. The van der Waals surface area contributed by atoms with Crippen molar-refractivity contribution in [3.05, 3.63) is 29.6 Å². The molecule has 1 fully saturated rings. The average molecular weight is 304 g/mol. The number of pyridine rings is 1. The van der Waals surface area contributed by atoms with Gasteiger partial charge < -0.3 is 15.1 Å². The molecule has 1 saturated heterocycles. The van der Waals surface area contributed by atoms with Crippen LogP contribution in [0.5, 0.6) is 0 Å². The number of amides is 1. The third-order valence-electron chi connectivity index (χ3n) is 4.21. The molecule has 2 heterocycles. The topological polar surface area (TPSA) is 48.5 Å². The van der Waals surface area contributed by atoms with Gasteiger partial charge in [-0.15, -0.1) is 0 Å². The summed E-state index contributed by atoms with van der Waals surface area (Å²) in [5.41, 5.74) is 1.37. The van der Waals surface area contributed by atoms with Gasteiger partial charge in [-0.05, 0) is 31.5 Å². The van der Waals surface area contributed by atoms with Crippen LogP contribution in [0.3, 0.4) is 0 Å². The van der Waals surface area contributed by atoms with Crippen molar-refractivity contribution >= 4 is 5.91 Å². The van der Waals surface area contributed by atoms with Crippen molar-refractivity contribution in [2.45, 2.75) is 20.8 Å². The third-order valence-corrected chi connectivity index (χ3v) is 4.21. The molecule has 1 unspecified atom stereocenters. The predicted octanol–water partition coefficient (Wildman–Crippen LogP) is 1.39. The maximum atomic E-state index is 12.1. The van der Waals surface area contributed by atoms with E-state index < -0.39 is 0 Å². The highest BCUT2D eigenvalue weighted by Crippen LogP contribution is 2.05. The fourth-order valence-corrected chi connectivity index (χ4v) is 2.82. The second kappa shape index (κ2) is 8.25. The minimum Gasteiger partial charge on any atom is -0.350 e. The summed E-state index contributed by atoms with van der Waals surface area (Å²) in [6.07, 6.45) is 0. The Morgan fingerprint density at radius 1 is 1.27 bits per heavy atom. The maximum absolute atomic E-state index is 12.1. The van der Waals surface area contributed by atoms with E-state index in [9.17, 15) is 4.79 Å². The zero-order valence-electron chi connectivity index (χ0n) is 14.0. The second-order valence-electron chi connectivity index (χ2n) is 6.21. The first-order valence-corrected chi connectivity index (χ1v) is 8.25. The minimum absolute atomic E-state index is 0.0775. The Hall–Kier alpha value is -1.46. The van der Waals surface area contributed by atoms with Gasteiger partial charge in [-0.2, -0.15) is 0 Å². The minimum atomic E-state index is -0.0775. The molecule has 1 amide bonds. The first kappa shape index (κ1) is 16.9. The standard InChI is InChI=1S/C17H28N4O/c1-4-20-8-10-21(11-9-20)13-14(2)12-18-17(22)16-7-5-6-15(3)19-16/h5-7,14H,4,8-13H2,1-3H3,(H,18,22). The van der Waals surface area contributed by atoms with Crippen LogP contribution < -0.4 is 5.32 Å². The average Bonchev–Trinajstić information content (AvgIpc) is 2.53. The van der Waals surface area contributed by atoms with Gasteiger partial charge in [-0.1, -0.05) is 19.9 Å². The summed E-state index contributed by atoms with van der Waals surface area (Å²) in [6.45, 7) is 13.8. The number of aromatic nitrogens is 1. The first-order valence-electron chi connectivity index (χ1n) is 8.25. The quantitative estimate of drug-likeness (QED) is 0.863. The Balaban J connectivity index is 1.71. The number of nitrogens with zero attached hydrogens (tertiary/aromatic N) is 3. The Bertz CT molecular complexity index is 483. The van der Waals surface area contributed by atoms with Crippen LogP contribution in [0.25, 0.3) is 0 Å². The molecular formula is C17H28N4O. The van der Waals surface area contributed by atoms with E-state index >= 15 is 0 Å². The van der Waals surface area contributed by atoms with Crippen LogP contribution >= 0.6 is 0 Å². The van der Waals surface area contributed by atoms with E-state index in [4.69, 9.17) is 0 Å². The van der Waals surface area contributed by atoms with Gasteiger partial charge in [0, 0.05) is 45.0 Å². The van der Waals surface area contributed by atoms with Crippen LogP contribution in [0.15, 0.2) is 18.2 Å². The van der Waals surface area contributed by atoms with Crippen molar-refractivity contribution in [2.75, 3.05) is 45.8 Å². The number of piperazine rings is 1. The number of hydrogen-bond donors (Lipinski definition) is 1. The van der Waals surface area contributed by atoms with E-state index in [-0.39, 0.29) is 5.91 Å². The van der Waals surface area contributed by atoms with Gasteiger partial charge in [-0.3, -0.25) is 4.79 Å². The van der Waals surface area contributed by atoms with Crippen LogP contribution in [0.2, 0.25) is 0 Å².